The van der Waals surface area contributed by atoms with Crippen molar-refractivity contribution in [2.24, 2.45) is 0 Å². The first-order chi connectivity index (χ1) is 8.90. The van der Waals surface area contributed by atoms with Gasteiger partial charge in [0.15, 0.2) is 0 Å². The highest BCUT2D eigenvalue weighted by atomic mass is 19.1. The van der Waals surface area contributed by atoms with Crippen molar-refractivity contribution in [3.63, 3.8) is 0 Å². The summed E-state index contributed by atoms with van der Waals surface area (Å²) >= 11 is 0. The van der Waals surface area contributed by atoms with Gasteiger partial charge in [0.2, 0.25) is 0 Å². The third-order valence-electron chi connectivity index (χ3n) is 3.07. The van der Waals surface area contributed by atoms with Crippen LogP contribution in [0.5, 0.6) is 0 Å². The molecule has 2 atom stereocenters. The molecule has 19 heavy (non-hydrogen) atoms. The van der Waals surface area contributed by atoms with Gasteiger partial charge in [0, 0.05) is 18.5 Å². The number of amides is 1. The minimum Gasteiger partial charge on any atom is -0.480 e. The summed E-state index contributed by atoms with van der Waals surface area (Å²) in [6.45, 7) is -0.0816. The van der Waals surface area contributed by atoms with E-state index in [-0.39, 0.29) is 24.2 Å². The van der Waals surface area contributed by atoms with E-state index < -0.39 is 29.8 Å². The zero-order valence-corrected chi connectivity index (χ0v) is 9.91. The first-order valence-corrected chi connectivity index (χ1v) is 5.67. The maximum atomic E-state index is 13.3. The highest BCUT2D eigenvalue weighted by molar-refractivity contribution is 5.97. The Hall–Kier alpha value is -2.15. The Morgan fingerprint density at radius 2 is 2.11 bits per heavy atom. The molecular weight excluding hydrogens is 255 g/mol. The Bertz CT molecular complexity index is 534. The molecule has 1 aliphatic heterocycles. The van der Waals surface area contributed by atoms with Gasteiger partial charge in [-0.05, 0) is 18.2 Å². The number of carboxylic acids is 1. The van der Waals surface area contributed by atoms with Crippen LogP contribution in [-0.4, -0.2) is 45.7 Å². The second-order valence-corrected chi connectivity index (χ2v) is 4.44. The molecule has 1 saturated heterocycles. The smallest absolute Gasteiger partial charge is 0.326 e. The molecule has 2 rings (SSSR count). The minimum absolute atomic E-state index is 0.00653. The van der Waals surface area contributed by atoms with E-state index in [1.54, 1.807) is 0 Å². The van der Waals surface area contributed by atoms with E-state index in [9.17, 15) is 19.1 Å². The van der Waals surface area contributed by atoms with Gasteiger partial charge in [-0.15, -0.1) is 0 Å². The van der Waals surface area contributed by atoms with Gasteiger partial charge in [0.05, 0.1) is 11.8 Å². The first kappa shape index (κ1) is 13.3. The van der Waals surface area contributed by atoms with Crippen LogP contribution < -0.4 is 5.73 Å². The third-order valence-corrected chi connectivity index (χ3v) is 3.07. The number of nitrogens with two attached hydrogens (primary N) is 1. The average Bonchev–Trinajstić information content (AvgIpc) is 2.74. The fourth-order valence-corrected chi connectivity index (χ4v) is 2.10. The van der Waals surface area contributed by atoms with E-state index in [4.69, 9.17) is 10.8 Å². The van der Waals surface area contributed by atoms with Crippen molar-refractivity contribution < 1.29 is 24.2 Å². The lowest BCUT2D eigenvalue weighted by atomic mass is 10.1. The molecule has 4 N–H and O–H groups in total. The highest BCUT2D eigenvalue weighted by Crippen LogP contribution is 2.22. The van der Waals surface area contributed by atoms with Gasteiger partial charge >= 0.3 is 5.97 Å². The molecule has 1 heterocycles. The number of aliphatic hydroxyl groups excluding tert-OH is 1. The van der Waals surface area contributed by atoms with Gasteiger partial charge in [0.25, 0.3) is 5.91 Å². The van der Waals surface area contributed by atoms with E-state index in [1.165, 1.54) is 12.1 Å². The van der Waals surface area contributed by atoms with E-state index in [1.807, 2.05) is 0 Å². The van der Waals surface area contributed by atoms with Crippen molar-refractivity contribution in [1.29, 1.82) is 0 Å². The number of carboxylic acid groups (broad SMARTS) is 1. The third kappa shape index (κ3) is 2.50. The number of nitrogen functional groups attached to an aromatic ring is 1. The minimum atomic E-state index is -1.19. The van der Waals surface area contributed by atoms with E-state index in [2.05, 4.69) is 0 Å². The van der Waals surface area contributed by atoms with Crippen LogP contribution in [0, 0.1) is 5.82 Å². The summed E-state index contributed by atoms with van der Waals surface area (Å²) in [6, 6.07) is 2.43. The lowest BCUT2D eigenvalue weighted by Gasteiger charge is -2.21. The summed E-state index contributed by atoms with van der Waals surface area (Å²) in [5, 5.41) is 18.5. The standard InChI is InChI=1S/C12H13FN2O4/c13-8-3-6(1-2-9(8)14)11(17)15-5-7(16)4-10(15)12(18)19/h1-3,7,10,16H,4-5,14H2,(H,18,19)/t7-,10-/m1/s1. The molecule has 0 aromatic heterocycles. The Balaban J connectivity index is 2.27. The predicted molar refractivity (Wildman–Crippen MR) is 63.9 cm³/mol. The largest absolute Gasteiger partial charge is 0.480 e. The molecule has 0 unspecified atom stereocenters. The van der Waals surface area contributed by atoms with Crippen molar-refractivity contribution in [2.45, 2.75) is 18.6 Å². The summed E-state index contributed by atoms with van der Waals surface area (Å²) in [6.07, 6.45) is -0.915. The zero-order chi connectivity index (χ0) is 14.2. The van der Waals surface area contributed by atoms with E-state index in [0.717, 1.165) is 11.0 Å². The molecule has 1 amide bonds. The van der Waals surface area contributed by atoms with Crippen molar-refractivity contribution >= 4 is 17.6 Å². The van der Waals surface area contributed by atoms with Gasteiger partial charge < -0.3 is 20.8 Å². The molecule has 1 aliphatic rings. The number of carbonyl (C=O) groups is 2. The number of aliphatic hydroxyl groups is 1. The number of anilines is 1. The molecule has 1 fully saturated rings. The van der Waals surface area contributed by atoms with Crippen LogP contribution in [0.25, 0.3) is 0 Å². The Morgan fingerprint density at radius 3 is 2.68 bits per heavy atom. The lowest BCUT2D eigenvalue weighted by molar-refractivity contribution is -0.141. The lowest BCUT2D eigenvalue weighted by Crippen LogP contribution is -2.40. The van der Waals surface area contributed by atoms with Crippen molar-refractivity contribution in [3.8, 4) is 0 Å². The van der Waals surface area contributed by atoms with Gasteiger partial charge in [-0.1, -0.05) is 0 Å². The topological polar surface area (TPSA) is 104 Å². The molecule has 1 aromatic carbocycles. The molecule has 7 heteroatoms. The normalized spacial score (nSPS) is 22.5. The fraction of sp³-hybridized carbons (Fsp3) is 0.333. The number of β-amino-alcohol motifs (C(OH)–C–C–N with tert-alkyl or cyclic N) is 1. The van der Waals surface area contributed by atoms with E-state index in [0.29, 0.717) is 0 Å². The maximum absolute atomic E-state index is 13.3. The van der Waals surface area contributed by atoms with Crippen LogP contribution in [0.4, 0.5) is 10.1 Å². The van der Waals surface area contributed by atoms with Crippen LogP contribution in [0.2, 0.25) is 0 Å². The summed E-state index contributed by atoms with van der Waals surface area (Å²) < 4.78 is 13.3. The molecule has 0 radical (unpaired) electrons. The highest BCUT2D eigenvalue weighted by Gasteiger charge is 2.39. The van der Waals surface area contributed by atoms with Gasteiger partial charge in [-0.2, -0.15) is 0 Å². The number of rotatable bonds is 2. The first-order valence-electron chi connectivity index (χ1n) is 5.67. The molecule has 0 saturated carbocycles. The monoisotopic (exact) mass is 268 g/mol. The molecule has 1 aromatic rings. The molecule has 0 aliphatic carbocycles. The van der Waals surface area contributed by atoms with Crippen LogP contribution in [0.1, 0.15) is 16.8 Å². The second kappa shape index (κ2) is 4.85. The van der Waals surface area contributed by atoms with Crippen molar-refractivity contribution in [1.82, 2.24) is 4.90 Å². The number of halogens is 1. The van der Waals surface area contributed by atoms with Crippen molar-refractivity contribution in [3.05, 3.63) is 29.6 Å². The zero-order valence-electron chi connectivity index (χ0n) is 9.91. The Labute approximate surface area is 108 Å². The molecular formula is C12H13FN2O4. The summed E-state index contributed by atoms with van der Waals surface area (Å²) in [4.78, 5) is 24.2. The maximum Gasteiger partial charge on any atom is 0.326 e. The molecule has 0 spiro atoms. The molecule has 0 bridgehead atoms. The summed E-state index contributed by atoms with van der Waals surface area (Å²) in [5.41, 5.74) is 5.22. The number of nitrogens with zero attached hydrogens (tertiary/aromatic N) is 1. The van der Waals surface area contributed by atoms with Crippen LogP contribution in [0.15, 0.2) is 18.2 Å². The van der Waals surface area contributed by atoms with Crippen LogP contribution >= 0.6 is 0 Å². The van der Waals surface area contributed by atoms with Gasteiger partial charge in [-0.25, -0.2) is 9.18 Å². The van der Waals surface area contributed by atoms with Gasteiger partial charge in [-0.3, -0.25) is 4.79 Å². The predicted octanol–water partition coefficient (Wildman–Crippen LogP) is 0.0679. The number of hydrogen-bond acceptors (Lipinski definition) is 4. The number of aliphatic carboxylic acids is 1. The molecule has 102 valence electrons. The van der Waals surface area contributed by atoms with Crippen LogP contribution in [-0.2, 0) is 4.79 Å². The summed E-state index contributed by atoms with van der Waals surface area (Å²) in [5.74, 6) is -2.57. The second-order valence-electron chi connectivity index (χ2n) is 4.44. The average molecular weight is 268 g/mol. The Kier molecular flexibility index (Phi) is 3.39. The number of hydrogen-bond donors (Lipinski definition) is 3. The van der Waals surface area contributed by atoms with Gasteiger partial charge in [0.1, 0.15) is 11.9 Å². The number of carbonyl (C=O) groups excluding carboxylic acids is 1. The fourth-order valence-electron chi connectivity index (χ4n) is 2.10. The van der Waals surface area contributed by atoms with Crippen LogP contribution in [0.3, 0.4) is 0 Å². The Morgan fingerprint density at radius 1 is 1.42 bits per heavy atom. The quantitative estimate of drug-likeness (QED) is 0.658. The number of likely N-dealkylation sites (tertiary alicyclic amines) is 1. The van der Waals surface area contributed by atoms with E-state index >= 15 is 0 Å². The summed E-state index contributed by atoms with van der Waals surface area (Å²) in [7, 11) is 0. The van der Waals surface area contributed by atoms with Crippen molar-refractivity contribution in [2.75, 3.05) is 12.3 Å². The molecule has 6 nitrogen and oxygen atoms in total. The number of benzene rings is 1. The SMILES string of the molecule is Nc1ccc(C(=O)N2C[C@H](O)C[C@@H]2C(=O)O)cc1F.